The summed E-state index contributed by atoms with van der Waals surface area (Å²) >= 11 is 0. The van der Waals surface area contributed by atoms with Crippen molar-refractivity contribution >= 4 is 5.91 Å². The van der Waals surface area contributed by atoms with Gasteiger partial charge in [0.15, 0.2) is 0 Å². The number of piperidine rings is 1. The van der Waals surface area contributed by atoms with Crippen LogP contribution in [0.5, 0.6) is 0 Å². The Morgan fingerprint density at radius 3 is 2.81 bits per heavy atom. The Kier molecular flexibility index (Phi) is 5.22. The first kappa shape index (κ1) is 13.5. The van der Waals surface area contributed by atoms with Crippen molar-refractivity contribution in [2.75, 3.05) is 20.2 Å². The number of ether oxygens (including phenoxy) is 1. The van der Waals surface area contributed by atoms with E-state index in [9.17, 15) is 4.79 Å². The van der Waals surface area contributed by atoms with Crippen LogP contribution in [-0.4, -0.2) is 43.2 Å². The van der Waals surface area contributed by atoms with Crippen LogP contribution in [0, 0.1) is 5.92 Å². The van der Waals surface area contributed by atoms with Gasteiger partial charge in [0.1, 0.15) is 0 Å². The summed E-state index contributed by atoms with van der Waals surface area (Å²) < 4.78 is 5.30. The van der Waals surface area contributed by atoms with Gasteiger partial charge < -0.3 is 15.4 Å². The Bertz CT molecular complexity index is 231. The molecule has 0 saturated carbocycles. The van der Waals surface area contributed by atoms with E-state index in [-0.39, 0.29) is 18.1 Å². The number of likely N-dealkylation sites (tertiary alicyclic amines) is 1. The van der Waals surface area contributed by atoms with E-state index in [0.29, 0.717) is 12.5 Å². The predicted octanol–water partition coefficient (Wildman–Crippen LogP) is 0.997. The van der Waals surface area contributed by atoms with Crippen molar-refractivity contribution in [2.24, 2.45) is 11.7 Å². The van der Waals surface area contributed by atoms with Crippen LogP contribution in [0.15, 0.2) is 0 Å². The lowest BCUT2D eigenvalue weighted by Gasteiger charge is -2.33. The van der Waals surface area contributed by atoms with Crippen LogP contribution in [0.2, 0.25) is 0 Å². The molecule has 1 aliphatic heterocycles. The van der Waals surface area contributed by atoms with Gasteiger partial charge in [0.25, 0.3) is 0 Å². The first-order valence-corrected chi connectivity index (χ1v) is 6.11. The Labute approximate surface area is 98.1 Å². The molecular formula is C12H24N2O2. The van der Waals surface area contributed by atoms with Crippen molar-refractivity contribution in [3.05, 3.63) is 0 Å². The SMILES string of the molecule is COC1CCCN(C(=O)[C@@H](N)CC(C)C)C1. The largest absolute Gasteiger partial charge is 0.380 e. The molecule has 1 aliphatic rings. The molecule has 1 rings (SSSR count). The smallest absolute Gasteiger partial charge is 0.239 e. The van der Waals surface area contributed by atoms with E-state index < -0.39 is 0 Å². The fraction of sp³-hybridized carbons (Fsp3) is 0.917. The molecule has 94 valence electrons. The van der Waals surface area contributed by atoms with E-state index in [2.05, 4.69) is 13.8 Å². The predicted molar refractivity (Wildman–Crippen MR) is 64.0 cm³/mol. The number of hydrogen-bond acceptors (Lipinski definition) is 3. The fourth-order valence-electron chi connectivity index (χ4n) is 2.17. The normalized spacial score (nSPS) is 23.6. The molecule has 0 radical (unpaired) electrons. The minimum absolute atomic E-state index is 0.0791. The van der Waals surface area contributed by atoms with E-state index in [0.717, 1.165) is 25.8 Å². The molecule has 0 aromatic heterocycles. The highest BCUT2D eigenvalue weighted by Gasteiger charge is 2.27. The van der Waals surface area contributed by atoms with Crippen LogP contribution < -0.4 is 5.73 Å². The number of rotatable bonds is 4. The third-order valence-corrected chi connectivity index (χ3v) is 3.07. The minimum atomic E-state index is -0.351. The summed E-state index contributed by atoms with van der Waals surface area (Å²) in [6.07, 6.45) is 3.00. The van der Waals surface area contributed by atoms with Crippen molar-refractivity contribution in [1.29, 1.82) is 0 Å². The number of hydrogen-bond donors (Lipinski definition) is 1. The maximum Gasteiger partial charge on any atom is 0.239 e. The van der Waals surface area contributed by atoms with Gasteiger partial charge >= 0.3 is 0 Å². The molecule has 1 amide bonds. The lowest BCUT2D eigenvalue weighted by molar-refractivity contribution is -0.136. The molecule has 0 bridgehead atoms. The molecule has 1 saturated heterocycles. The molecule has 2 atom stereocenters. The molecule has 0 aliphatic carbocycles. The molecule has 1 fully saturated rings. The zero-order valence-corrected chi connectivity index (χ0v) is 10.6. The lowest BCUT2D eigenvalue weighted by Crippen LogP contribution is -2.50. The summed E-state index contributed by atoms with van der Waals surface area (Å²) in [5, 5.41) is 0. The summed E-state index contributed by atoms with van der Waals surface area (Å²) in [7, 11) is 1.70. The number of methoxy groups -OCH3 is 1. The molecule has 0 spiro atoms. The van der Waals surface area contributed by atoms with Gasteiger partial charge in [-0.15, -0.1) is 0 Å². The molecule has 0 aromatic rings. The number of amides is 1. The van der Waals surface area contributed by atoms with Gasteiger partial charge in [0.05, 0.1) is 12.1 Å². The second-order valence-electron chi connectivity index (χ2n) is 5.02. The summed E-state index contributed by atoms with van der Waals surface area (Å²) in [6, 6.07) is -0.351. The van der Waals surface area contributed by atoms with Crippen LogP contribution in [0.4, 0.5) is 0 Å². The monoisotopic (exact) mass is 228 g/mol. The lowest BCUT2D eigenvalue weighted by atomic mass is 10.0. The Morgan fingerprint density at radius 1 is 1.56 bits per heavy atom. The maximum atomic E-state index is 12.0. The Hall–Kier alpha value is -0.610. The van der Waals surface area contributed by atoms with Gasteiger partial charge in [0.2, 0.25) is 5.91 Å². The second kappa shape index (κ2) is 6.21. The van der Waals surface area contributed by atoms with Gasteiger partial charge in [-0.25, -0.2) is 0 Å². The number of carbonyl (C=O) groups excluding carboxylic acids is 1. The van der Waals surface area contributed by atoms with E-state index in [1.165, 1.54) is 0 Å². The summed E-state index contributed by atoms with van der Waals surface area (Å²) in [5.41, 5.74) is 5.90. The third-order valence-electron chi connectivity index (χ3n) is 3.07. The average molecular weight is 228 g/mol. The Balaban J connectivity index is 2.46. The van der Waals surface area contributed by atoms with Crippen molar-refractivity contribution in [2.45, 2.75) is 45.3 Å². The summed E-state index contributed by atoms with van der Waals surface area (Å²) in [5.74, 6) is 0.539. The molecule has 4 nitrogen and oxygen atoms in total. The number of nitrogens with two attached hydrogens (primary N) is 1. The average Bonchev–Trinajstić information content (AvgIpc) is 2.27. The topological polar surface area (TPSA) is 55.6 Å². The molecule has 2 N–H and O–H groups in total. The Morgan fingerprint density at radius 2 is 2.25 bits per heavy atom. The quantitative estimate of drug-likeness (QED) is 0.781. The summed E-state index contributed by atoms with van der Waals surface area (Å²) in [4.78, 5) is 13.9. The molecule has 1 unspecified atom stereocenters. The van der Waals surface area contributed by atoms with Crippen LogP contribution in [0.1, 0.15) is 33.1 Å². The van der Waals surface area contributed by atoms with Gasteiger partial charge in [-0.1, -0.05) is 13.8 Å². The molecule has 4 heteroatoms. The summed E-state index contributed by atoms with van der Waals surface area (Å²) in [6.45, 7) is 5.69. The molecule has 16 heavy (non-hydrogen) atoms. The van der Waals surface area contributed by atoms with Crippen LogP contribution in [0.3, 0.4) is 0 Å². The zero-order valence-electron chi connectivity index (χ0n) is 10.6. The number of nitrogens with zero attached hydrogens (tertiary/aromatic N) is 1. The minimum Gasteiger partial charge on any atom is -0.380 e. The maximum absolute atomic E-state index is 12.0. The standard InChI is InChI=1S/C12H24N2O2/c1-9(2)7-11(13)12(15)14-6-4-5-10(8-14)16-3/h9-11H,4-8,13H2,1-3H3/t10?,11-/m0/s1. The first-order valence-electron chi connectivity index (χ1n) is 6.11. The highest BCUT2D eigenvalue weighted by atomic mass is 16.5. The van der Waals surface area contributed by atoms with E-state index in [1.54, 1.807) is 7.11 Å². The zero-order chi connectivity index (χ0) is 12.1. The fourth-order valence-corrected chi connectivity index (χ4v) is 2.17. The molecule has 0 aromatic carbocycles. The van der Waals surface area contributed by atoms with Crippen molar-refractivity contribution < 1.29 is 9.53 Å². The van der Waals surface area contributed by atoms with Crippen molar-refractivity contribution in [1.82, 2.24) is 4.90 Å². The van der Waals surface area contributed by atoms with Crippen LogP contribution >= 0.6 is 0 Å². The van der Waals surface area contributed by atoms with Crippen molar-refractivity contribution in [3.8, 4) is 0 Å². The second-order valence-corrected chi connectivity index (χ2v) is 5.02. The van der Waals surface area contributed by atoms with Gasteiger partial charge in [-0.05, 0) is 25.2 Å². The van der Waals surface area contributed by atoms with Gasteiger partial charge in [0, 0.05) is 20.2 Å². The van der Waals surface area contributed by atoms with E-state index in [1.807, 2.05) is 4.90 Å². The first-order chi connectivity index (χ1) is 7.54. The molecular weight excluding hydrogens is 204 g/mol. The highest BCUT2D eigenvalue weighted by molar-refractivity contribution is 5.81. The van der Waals surface area contributed by atoms with Crippen LogP contribution in [0.25, 0.3) is 0 Å². The number of carbonyl (C=O) groups is 1. The third kappa shape index (κ3) is 3.76. The molecule has 1 heterocycles. The van der Waals surface area contributed by atoms with E-state index >= 15 is 0 Å². The van der Waals surface area contributed by atoms with Crippen LogP contribution in [-0.2, 0) is 9.53 Å². The van der Waals surface area contributed by atoms with Gasteiger partial charge in [-0.3, -0.25) is 4.79 Å². The van der Waals surface area contributed by atoms with Gasteiger partial charge in [-0.2, -0.15) is 0 Å². The van der Waals surface area contributed by atoms with E-state index in [4.69, 9.17) is 10.5 Å². The van der Waals surface area contributed by atoms with Crippen molar-refractivity contribution in [3.63, 3.8) is 0 Å². The highest BCUT2D eigenvalue weighted by Crippen LogP contribution is 2.14.